The predicted octanol–water partition coefficient (Wildman–Crippen LogP) is 5.45. The molecule has 5 rings (SSSR count). The van der Waals surface area contributed by atoms with E-state index in [1.807, 2.05) is 42.5 Å². The number of carbonyl (C=O) groups excluding carboxylic acids is 1. The molecule has 1 aliphatic rings. The Balaban J connectivity index is 0.00000423. The highest BCUT2D eigenvalue weighted by Crippen LogP contribution is 2.34. The fourth-order valence-corrected chi connectivity index (χ4v) is 5.20. The van der Waals surface area contributed by atoms with Gasteiger partial charge < -0.3 is 30.6 Å². The molecule has 3 aromatic carbocycles. The predicted molar refractivity (Wildman–Crippen MR) is 171 cm³/mol. The quantitative estimate of drug-likeness (QED) is 0.147. The summed E-state index contributed by atoms with van der Waals surface area (Å²) in [5, 5.41) is 14.4. The normalized spacial score (nSPS) is 13.9. The number of amides is 1. The van der Waals surface area contributed by atoms with Crippen LogP contribution in [0.4, 0.5) is 0 Å². The Morgan fingerprint density at radius 3 is 2.58 bits per heavy atom. The van der Waals surface area contributed by atoms with Crippen LogP contribution in [0.25, 0.3) is 11.0 Å². The first-order valence-electron chi connectivity index (χ1n) is 14.2. The van der Waals surface area contributed by atoms with Crippen molar-refractivity contribution in [2.75, 3.05) is 13.2 Å². The van der Waals surface area contributed by atoms with Gasteiger partial charge in [-0.1, -0.05) is 42.6 Å². The molecule has 230 valence electrons. The lowest BCUT2D eigenvalue weighted by Gasteiger charge is -2.28. The number of β-amino-alcohol motifs (C(OH)–C–C–N with tert-alkyl or cyclic N) is 1. The summed E-state index contributed by atoms with van der Waals surface area (Å²) >= 11 is 6.23. The van der Waals surface area contributed by atoms with Crippen molar-refractivity contribution in [3.63, 3.8) is 0 Å². The molecule has 0 saturated heterocycles. The van der Waals surface area contributed by atoms with Crippen molar-refractivity contribution in [1.29, 1.82) is 0 Å². The highest BCUT2D eigenvalue weighted by atomic mass is 35.5. The van der Waals surface area contributed by atoms with E-state index in [1.54, 1.807) is 16.7 Å². The van der Waals surface area contributed by atoms with E-state index in [0.29, 0.717) is 53.3 Å². The first-order valence-corrected chi connectivity index (χ1v) is 14.6. The third-order valence-corrected chi connectivity index (χ3v) is 7.77. The number of aryl methyl sites for hydroxylation is 1. The number of carbonyl (C=O) groups is 1. The highest BCUT2D eigenvalue weighted by Gasteiger charge is 2.23. The molecule has 1 aliphatic carbocycles. The highest BCUT2D eigenvalue weighted by molar-refractivity contribution is 6.32. The largest absolute Gasteiger partial charge is 0.489 e. The number of aliphatic hydroxyl groups excluding tert-OH is 1. The minimum Gasteiger partial charge on any atom is -0.489 e. The van der Waals surface area contributed by atoms with Gasteiger partial charge in [0.25, 0.3) is 0 Å². The van der Waals surface area contributed by atoms with E-state index in [2.05, 4.69) is 24.1 Å². The third kappa shape index (κ3) is 8.54. The molecule has 1 saturated carbocycles. The van der Waals surface area contributed by atoms with Crippen molar-refractivity contribution in [2.24, 2.45) is 11.7 Å². The summed E-state index contributed by atoms with van der Waals surface area (Å²) in [4.78, 5) is 26.8. The average molecular weight is 630 g/mol. The van der Waals surface area contributed by atoms with E-state index in [-0.39, 0.29) is 30.2 Å². The van der Waals surface area contributed by atoms with Crippen LogP contribution in [0.5, 0.6) is 17.2 Å². The molecule has 0 aliphatic heterocycles. The molecule has 1 heterocycles. The van der Waals surface area contributed by atoms with E-state index < -0.39 is 12.0 Å². The molecule has 1 atom stereocenters. The third-order valence-electron chi connectivity index (χ3n) is 7.47. The first-order chi connectivity index (χ1) is 20.1. The van der Waals surface area contributed by atoms with Crippen LogP contribution in [0.2, 0.25) is 5.02 Å². The number of hydrogen-bond donors (Lipinski definition) is 4. The average Bonchev–Trinajstić information content (AvgIpc) is 3.72. The van der Waals surface area contributed by atoms with Crippen LogP contribution >= 0.6 is 24.0 Å². The van der Waals surface area contributed by atoms with Gasteiger partial charge in [-0.25, -0.2) is 4.79 Å². The van der Waals surface area contributed by atoms with Gasteiger partial charge in [-0.05, 0) is 80.6 Å². The summed E-state index contributed by atoms with van der Waals surface area (Å²) in [6.45, 7) is 5.24. The van der Waals surface area contributed by atoms with Gasteiger partial charge in [0.2, 0.25) is 5.91 Å². The molecule has 0 radical (unpaired) electrons. The number of benzene rings is 3. The Morgan fingerprint density at radius 2 is 1.91 bits per heavy atom. The lowest BCUT2D eigenvalue weighted by molar-refractivity contribution is 0.0993. The number of para-hydroxylation sites is 1. The SMILES string of the molecule is CC(C)(Cc1ccc(Oc2ccc(C(N)=O)cc2Cl)cc1)NC[C@H](O)COc1cccc2[nH]c(=O)n(CCC3CC3)c12.Cl. The van der Waals surface area contributed by atoms with Crippen molar-refractivity contribution in [3.05, 3.63) is 87.3 Å². The van der Waals surface area contributed by atoms with Gasteiger partial charge >= 0.3 is 5.69 Å². The van der Waals surface area contributed by atoms with Crippen molar-refractivity contribution in [2.45, 2.75) is 57.7 Å². The Kier molecular flexibility index (Phi) is 10.4. The zero-order valence-corrected chi connectivity index (χ0v) is 25.8. The minimum atomic E-state index is -0.744. The van der Waals surface area contributed by atoms with E-state index in [4.69, 9.17) is 26.8 Å². The smallest absolute Gasteiger partial charge is 0.326 e. The Morgan fingerprint density at radius 1 is 1.16 bits per heavy atom. The summed E-state index contributed by atoms with van der Waals surface area (Å²) in [6, 6.07) is 17.9. The van der Waals surface area contributed by atoms with Crippen LogP contribution in [0.1, 0.15) is 49.0 Å². The van der Waals surface area contributed by atoms with Crippen molar-refractivity contribution in [3.8, 4) is 17.2 Å². The van der Waals surface area contributed by atoms with Crippen molar-refractivity contribution in [1.82, 2.24) is 14.9 Å². The van der Waals surface area contributed by atoms with Gasteiger partial charge in [-0.2, -0.15) is 0 Å². The summed E-state index contributed by atoms with van der Waals surface area (Å²) in [5.74, 6) is 1.80. The lowest BCUT2D eigenvalue weighted by Crippen LogP contribution is -2.46. The Hall–Kier alpha value is -3.50. The second-order valence-electron chi connectivity index (χ2n) is 11.6. The second-order valence-corrected chi connectivity index (χ2v) is 12.0. The fraction of sp³-hybridized carbons (Fsp3) is 0.375. The molecule has 11 heteroatoms. The van der Waals surface area contributed by atoms with Crippen LogP contribution < -0.4 is 26.2 Å². The van der Waals surface area contributed by atoms with Crippen LogP contribution in [-0.4, -0.2) is 45.4 Å². The number of nitrogens with one attached hydrogen (secondary N) is 2. The zero-order valence-electron chi connectivity index (χ0n) is 24.3. The Bertz CT molecular complexity index is 1610. The topological polar surface area (TPSA) is 132 Å². The molecule has 0 spiro atoms. The molecule has 1 aromatic heterocycles. The summed E-state index contributed by atoms with van der Waals surface area (Å²) < 4.78 is 13.6. The number of aromatic nitrogens is 2. The minimum absolute atomic E-state index is 0. The molecular formula is C32H38Cl2N4O5. The van der Waals surface area contributed by atoms with Crippen molar-refractivity contribution >= 4 is 40.9 Å². The number of H-pyrrole nitrogens is 1. The van der Waals surface area contributed by atoms with Gasteiger partial charge in [0.1, 0.15) is 35.5 Å². The number of aromatic amines is 1. The van der Waals surface area contributed by atoms with Crippen LogP contribution in [-0.2, 0) is 13.0 Å². The maximum absolute atomic E-state index is 12.5. The number of primary amides is 1. The number of rotatable bonds is 14. The second kappa shape index (κ2) is 13.9. The number of imidazole rings is 1. The maximum Gasteiger partial charge on any atom is 0.326 e. The molecule has 43 heavy (non-hydrogen) atoms. The maximum atomic E-state index is 12.5. The van der Waals surface area contributed by atoms with Gasteiger partial charge in [-0.3, -0.25) is 9.36 Å². The molecule has 1 fully saturated rings. The summed E-state index contributed by atoms with van der Waals surface area (Å²) in [7, 11) is 0. The lowest BCUT2D eigenvalue weighted by atomic mass is 9.94. The number of fused-ring (bicyclic) bond motifs is 1. The summed E-state index contributed by atoms with van der Waals surface area (Å²) in [5.41, 5.74) is 7.75. The first kappa shape index (κ1) is 32.4. The monoisotopic (exact) mass is 628 g/mol. The van der Waals surface area contributed by atoms with E-state index >= 15 is 0 Å². The molecular weight excluding hydrogens is 591 g/mol. The number of aliphatic hydroxyl groups is 1. The van der Waals surface area contributed by atoms with Gasteiger partial charge in [-0.15, -0.1) is 12.4 Å². The van der Waals surface area contributed by atoms with Gasteiger partial charge in [0.05, 0.1) is 10.5 Å². The van der Waals surface area contributed by atoms with Crippen LogP contribution in [0.3, 0.4) is 0 Å². The molecule has 0 unspecified atom stereocenters. The van der Waals surface area contributed by atoms with Gasteiger partial charge in [0.15, 0.2) is 0 Å². The number of nitrogens with two attached hydrogens (primary N) is 1. The van der Waals surface area contributed by atoms with E-state index in [1.165, 1.54) is 18.9 Å². The standard InChI is InChI=1S/C32H37ClN4O5.ClH/c1-32(2,17-21-8-11-24(12-9-21)42-27-13-10-22(30(34)39)16-25(27)33)35-18-23(38)19-41-28-5-3-4-26-29(28)37(31(40)36-26)15-14-20-6-7-20;/h3-5,8-13,16,20,23,35,38H,6-7,14-15,17-19H2,1-2H3,(H2,34,39)(H,36,40);1H/t23-;/m0./s1. The molecule has 4 aromatic rings. The van der Waals surface area contributed by atoms with Crippen LogP contribution in [0, 0.1) is 5.92 Å². The molecule has 1 amide bonds. The van der Waals surface area contributed by atoms with Crippen molar-refractivity contribution < 1.29 is 19.4 Å². The van der Waals surface area contributed by atoms with Gasteiger partial charge in [0, 0.05) is 24.2 Å². The number of nitrogens with zero attached hydrogens (tertiary/aromatic N) is 1. The molecule has 5 N–H and O–H groups in total. The number of ether oxygens (including phenoxy) is 2. The molecule has 9 nitrogen and oxygen atoms in total. The van der Waals surface area contributed by atoms with E-state index in [0.717, 1.165) is 23.0 Å². The molecule has 0 bridgehead atoms. The fourth-order valence-electron chi connectivity index (χ4n) is 4.98. The van der Waals surface area contributed by atoms with E-state index in [9.17, 15) is 14.7 Å². The Labute approximate surface area is 261 Å². The number of halogens is 2. The van der Waals surface area contributed by atoms with Crippen LogP contribution in [0.15, 0.2) is 65.5 Å². The zero-order chi connectivity index (χ0) is 29.9. The number of hydrogen-bond acceptors (Lipinski definition) is 6. The summed E-state index contributed by atoms with van der Waals surface area (Å²) in [6.07, 6.45) is 3.43.